The molecule has 0 radical (unpaired) electrons. The van der Waals surface area contributed by atoms with Crippen molar-refractivity contribution in [2.75, 3.05) is 14.2 Å². The molecule has 1 aromatic heterocycles. The Kier molecular flexibility index (Phi) is 6.48. The zero-order valence-corrected chi connectivity index (χ0v) is 19.2. The molecule has 0 saturated carbocycles. The van der Waals surface area contributed by atoms with Crippen LogP contribution in [0.3, 0.4) is 0 Å². The summed E-state index contributed by atoms with van der Waals surface area (Å²) in [5.74, 6) is 0.780. The van der Waals surface area contributed by atoms with Crippen molar-refractivity contribution >= 4 is 20.9 Å². The number of rotatable bonds is 7. The molecule has 0 amide bonds. The number of sulfonamides is 1. The summed E-state index contributed by atoms with van der Waals surface area (Å²) in [5, 5.41) is 0.485. The number of ether oxygens (including phenoxy) is 2. The van der Waals surface area contributed by atoms with Gasteiger partial charge in [-0.3, -0.25) is 0 Å². The van der Waals surface area contributed by atoms with Crippen molar-refractivity contribution in [1.82, 2.24) is 9.71 Å². The van der Waals surface area contributed by atoms with Gasteiger partial charge in [-0.1, -0.05) is 17.7 Å². The van der Waals surface area contributed by atoms with Gasteiger partial charge in [0, 0.05) is 23.2 Å². The van der Waals surface area contributed by atoms with Crippen molar-refractivity contribution in [3.63, 3.8) is 0 Å². The molecule has 3 aromatic rings. The van der Waals surface area contributed by atoms with Gasteiger partial charge in [-0.25, -0.2) is 8.42 Å². The van der Waals surface area contributed by atoms with Gasteiger partial charge in [0.1, 0.15) is 6.04 Å². The number of aromatic nitrogens is 1. The van der Waals surface area contributed by atoms with E-state index < -0.39 is 28.7 Å². The minimum atomic E-state index is -4.81. The van der Waals surface area contributed by atoms with Crippen LogP contribution in [-0.2, 0) is 16.4 Å². The Hall–Kier alpha value is -2.72. The number of benzene rings is 2. The smallest absolute Gasteiger partial charge is 0.405 e. The Morgan fingerprint density at radius 2 is 1.56 bits per heavy atom. The van der Waals surface area contributed by atoms with Crippen molar-refractivity contribution in [2.45, 2.75) is 44.3 Å². The number of methoxy groups -OCH3 is 2. The monoisotopic (exact) mass is 470 g/mol. The van der Waals surface area contributed by atoms with E-state index in [0.717, 1.165) is 5.56 Å². The lowest BCUT2D eigenvalue weighted by molar-refractivity contribution is -0.150. The number of aromatic amines is 1. The molecule has 0 aliphatic heterocycles. The largest absolute Gasteiger partial charge is 0.493 e. The van der Waals surface area contributed by atoms with Crippen molar-refractivity contribution in [3.8, 4) is 11.5 Å². The molecule has 1 unspecified atom stereocenters. The first kappa shape index (κ1) is 23.9. The summed E-state index contributed by atoms with van der Waals surface area (Å²) in [4.78, 5) is 2.77. The van der Waals surface area contributed by atoms with E-state index >= 15 is 0 Å². The third kappa shape index (κ3) is 4.71. The summed E-state index contributed by atoms with van der Waals surface area (Å²) in [5.41, 5.74) is 2.45. The lowest BCUT2D eigenvalue weighted by atomic mass is 10.0. The van der Waals surface area contributed by atoms with E-state index in [-0.39, 0.29) is 4.90 Å². The molecule has 0 saturated heterocycles. The fraction of sp³-hybridized carbons (Fsp3) is 0.364. The molecule has 0 aliphatic rings. The SMILES string of the molecule is COc1cc2[nH]cc(CC(NS(=O)(=O)c3c(C)cc(C)cc3C)C(F)(F)F)c2cc1OC. The van der Waals surface area contributed by atoms with E-state index in [1.807, 2.05) is 4.72 Å². The molecule has 0 aliphatic carbocycles. The normalized spacial score (nSPS) is 13.4. The molecule has 174 valence electrons. The number of H-pyrrole nitrogens is 1. The van der Waals surface area contributed by atoms with Gasteiger partial charge in [0.05, 0.1) is 19.1 Å². The number of hydrogen-bond acceptors (Lipinski definition) is 4. The standard InChI is InChI=1S/C22H25F3N2O4S/c1-12-6-13(2)21(14(3)7-12)32(28,29)27-20(22(23,24)25)8-15-11-26-17-10-19(31-5)18(30-4)9-16(15)17/h6-7,9-11,20,26-27H,8H2,1-5H3. The molecule has 0 spiro atoms. The predicted molar refractivity (Wildman–Crippen MR) is 116 cm³/mol. The lowest BCUT2D eigenvalue weighted by Gasteiger charge is -2.23. The quantitative estimate of drug-likeness (QED) is 0.531. The molecule has 1 atom stereocenters. The van der Waals surface area contributed by atoms with Gasteiger partial charge in [0.25, 0.3) is 0 Å². The van der Waals surface area contributed by atoms with Crippen LogP contribution in [0.4, 0.5) is 13.2 Å². The number of halogens is 3. The molecular weight excluding hydrogens is 445 g/mol. The first-order chi connectivity index (χ1) is 14.9. The van der Waals surface area contributed by atoms with Crippen LogP contribution in [0.25, 0.3) is 10.9 Å². The van der Waals surface area contributed by atoms with Crippen LogP contribution >= 0.6 is 0 Å². The highest BCUT2D eigenvalue weighted by atomic mass is 32.2. The van der Waals surface area contributed by atoms with Gasteiger partial charge in [-0.15, -0.1) is 0 Å². The summed E-state index contributed by atoms with van der Waals surface area (Å²) < 4.78 is 80.0. The summed E-state index contributed by atoms with van der Waals surface area (Å²) in [6, 6.07) is 4.12. The van der Waals surface area contributed by atoms with Crippen LogP contribution < -0.4 is 14.2 Å². The third-order valence-electron chi connectivity index (χ3n) is 5.26. The Morgan fingerprint density at radius 1 is 1.00 bits per heavy atom. The zero-order chi connectivity index (χ0) is 23.8. The molecular formula is C22H25F3N2O4S. The number of fused-ring (bicyclic) bond motifs is 1. The van der Waals surface area contributed by atoms with Gasteiger partial charge >= 0.3 is 6.18 Å². The Balaban J connectivity index is 2.01. The molecule has 6 nitrogen and oxygen atoms in total. The van der Waals surface area contributed by atoms with Crippen LogP contribution in [0.15, 0.2) is 35.4 Å². The highest BCUT2D eigenvalue weighted by Crippen LogP contribution is 2.35. The van der Waals surface area contributed by atoms with Crippen LogP contribution in [0.2, 0.25) is 0 Å². The van der Waals surface area contributed by atoms with E-state index in [0.29, 0.717) is 39.1 Å². The summed E-state index contributed by atoms with van der Waals surface area (Å²) in [6.07, 6.45) is -3.97. The van der Waals surface area contributed by atoms with Gasteiger partial charge < -0.3 is 14.5 Å². The summed E-state index contributed by atoms with van der Waals surface area (Å²) in [7, 11) is -1.54. The van der Waals surface area contributed by atoms with Crippen LogP contribution in [-0.4, -0.2) is 39.8 Å². The Labute approximate surface area is 184 Å². The summed E-state index contributed by atoms with van der Waals surface area (Å²) >= 11 is 0. The van der Waals surface area contributed by atoms with Gasteiger partial charge in [-0.05, 0) is 49.9 Å². The van der Waals surface area contributed by atoms with Crippen molar-refractivity contribution in [3.05, 3.63) is 52.7 Å². The average Bonchev–Trinajstić information content (AvgIpc) is 3.06. The van der Waals surface area contributed by atoms with Crippen LogP contribution in [0.5, 0.6) is 11.5 Å². The van der Waals surface area contributed by atoms with Gasteiger partial charge in [0.15, 0.2) is 11.5 Å². The van der Waals surface area contributed by atoms with Crippen LogP contribution in [0, 0.1) is 20.8 Å². The molecule has 2 N–H and O–H groups in total. The molecule has 3 rings (SSSR count). The second-order valence-corrected chi connectivity index (χ2v) is 9.36. The van der Waals surface area contributed by atoms with E-state index in [1.165, 1.54) is 20.4 Å². The molecule has 0 fully saturated rings. The third-order valence-corrected chi connectivity index (χ3v) is 7.04. The van der Waals surface area contributed by atoms with Crippen molar-refractivity contribution in [1.29, 1.82) is 0 Å². The minimum absolute atomic E-state index is 0.136. The summed E-state index contributed by atoms with van der Waals surface area (Å²) in [6.45, 7) is 4.93. The highest BCUT2D eigenvalue weighted by Gasteiger charge is 2.43. The zero-order valence-electron chi connectivity index (χ0n) is 18.3. The van der Waals surface area contributed by atoms with E-state index in [9.17, 15) is 21.6 Å². The maximum absolute atomic E-state index is 13.9. The topological polar surface area (TPSA) is 80.4 Å². The second-order valence-electron chi connectivity index (χ2n) is 7.71. The molecule has 0 bridgehead atoms. The molecule has 1 heterocycles. The lowest BCUT2D eigenvalue weighted by Crippen LogP contribution is -2.47. The molecule has 2 aromatic carbocycles. The first-order valence-corrected chi connectivity index (χ1v) is 11.2. The Bertz CT molecular complexity index is 1230. The predicted octanol–water partition coefficient (Wildman–Crippen LogP) is 4.56. The maximum atomic E-state index is 13.9. The number of alkyl halides is 3. The first-order valence-electron chi connectivity index (χ1n) is 9.76. The highest BCUT2D eigenvalue weighted by molar-refractivity contribution is 7.89. The van der Waals surface area contributed by atoms with E-state index in [2.05, 4.69) is 4.98 Å². The number of nitrogens with one attached hydrogen (secondary N) is 2. The molecule has 10 heteroatoms. The average molecular weight is 471 g/mol. The van der Waals surface area contributed by atoms with Gasteiger partial charge in [0.2, 0.25) is 10.0 Å². The van der Waals surface area contributed by atoms with E-state index in [4.69, 9.17) is 9.47 Å². The van der Waals surface area contributed by atoms with Crippen LogP contribution in [0.1, 0.15) is 22.3 Å². The number of aryl methyl sites for hydroxylation is 3. The van der Waals surface area contributed by atoms with Gasteiger partial charge in [-0.2, -0.15) is 17.9 Å². The fourth-order valence-corrected chi connectivity index (χ4v) is 5.63. The molecule has 32 heavy (non-hydrogen) atoms. The van der Waals surface area contributed by atoms with Crippen molar-refractivity contribution < 1.29 is 31.1 Å². The minimum Gasteiger partial charge on any atom is -0.493 e. The number of hydrogen-bond donors (Lipinski definition) is 2. The second kappa shape index (κ2) is 8.67. The van der Waals surface area contributed by atoms with Crippen molar-refractivity contribution in [2.24, 2.45) is 0 Å². The van der Waals surface area contributed by atoms with E-state index in [1.54, 1.807) is 45.0 Å². The maximum Gasteiger partial charge on any atom is 0.405 e. The Morgan fingerprint density at radius 3 is 2.09 bits per heavy atom. The fourth-order valence-electron chi connectivity index (χ4n) is 3.96.